The summed E-state index contributed by atoms with van der Waals surface area (Å²) in [7, 11) is 0. The highest BCUT2D eigenvalue weighted by molar-refractivity contribution is 5.89. The highest BCUT2D eigenvalue weighted by Crippen LogP contribution is 2.24. The average Bonchev–Trinajstić information content (AvgIpc) is 2.94. The molecular weight excluding hydrogens is 364 g/mol. The molecule has 1 aromatic carbocycles. The molecular formula is C23H28N4O2. The number of hydrogen-bond acceptors (Lipinski definition) is 4. The summed E-state index contributed by atoms with van der Waals surface area (Å²) < 4.78 is 0. The second kappa shape index (κ2) is 8.64. The molecule has 4 rings (SSSR count). The van der Waals surface area contributed by atoms with E-state index in [0.29, 0.717) is 26.1 Å². The van der Waals surface area contributed by atoms with E-state index in [1.807, 2.05) is 17.0 Å². The van der Waals surface area contributed by atoms with Crippen molar-refractivity contribution in [1.29, 1.82) is 0 Å². The quantitative estimate of drug-likeness (QED) is 0.802. The molecule has 29 heavy (non-hydrogen) atoms. The number of nitrogens with zero attached hydrogens (tertiary/aromatic N) is 4. The van der Waals surface area contributed by atoms with Crippen LogP contribution in [-0.2, 0) is 16.1 Å². The van der Waals surface area contributed by atoms with Gasteiger partial charge in [-0.2, -0.15) is 0 Å². The van der Waals surface area contributed by atoms with Gasteiger partial charge in [0.25, 0.3) is 0 Å². The molecule has 2 amide bonds. The highest BCUT2D eigenvalue weighted by Gasteiger charge is 2.36. The van der Waals surface area contributed by atoms with Gasteiger partial charge in [-0.1, -0.05) is 24.3 Å². The number of likely N-dealkylation sites (tertiary alicyclic amines) is 1. The first-order valence-electron chi connectivity index (χ1n) is 10.4. The normalized spacial score (nSPS) is 20.1. The van der Waals surface area contributed by atoms with Crippen LogP contribution in [0.25, 0.3) is 0 Å². The first-order chi connectivity index (χ1) is 14.1. The number of para-hydroxylation sites is 1. The van der Waals surface area contributed by atoms with Gasteiger partial charge in [-0.05, 0) is 36.6 Å². The Morgan fingerprint density at radius 3 is 2.76 bits per heavy atom. The minimum atomic E-state index is -0.232. The van der Waals surface area contributed by atoms with Gasteiger partial charge in [0, 0.05) is 63.8 Å². The van der Waals surface area contributed by atoms with Gasteiger partial charge in [-0.3, -0.25) is 14.6 Å². The van der Waals surface area contributed by atoms with Crippen LogP contribution in [0, 0.1) is 12.8 Å². The maximum Gasteiger partial charge on any atom is 0.228 e. The van der Waals surface area contributed by atoms with Gasteiger partial charge in [0.1, 0.15) is 0 Å². The third-order valence-corrected chi connectivity index (χ3v) is 5.92. The van der Waals surface area contributed by atoms with Crippen LogP contribution >= 0.6 is 0 Å². The number of amides is 2. The van der Waals surface area contributed by atoms with E-state index in [9.17, 15) is 9.59 Å². The van der Waals surface area contributed by atoms with Crippen molar-refractivity contribution in [3.05, 3.63) is 59.9 Å². The number of aryl methyl sites for hydroxylation is 1. The average molecular weight is 393 g/mol. The molecule has 0 radical (unpaired) electrons. The van der Waals surface area contributed by atoms with Gasteiger partial charge in [0.05, 0.1) is 5.92 Å². The minimum absolute atomic E-state index is 0.0589. The van der Waals surface area contributed by atoms with Gasteiger partial charge < -0.3 is 14.7 Å². The Balaban J connectivity index is 1.36. The molecule has 2 aromatic rings. The largest absolute Gasteiger partial charge is 0.369 e. The molecule has 6 heteroatoms. The molecule has 1 aromatic heterocycles. The van der Waals surface area contributed by atoms with Crippen LogP contribution in [0.3, 0.4) is 0 Å². The smallest absolute Gasteiger partial charge is 0.228 e. The molecule has 0 spiro atoms. The SMILES string of the molecule is Cc1ccccc1N1CCCN(C(=O)[C@H]2CC(=O)N(Cc3cccnc3)C2)CC1. The number of anilines is 1. The van der Waals surface area contributed by atoms with Gasteiger partial charge in [-0.15, -0.1) is 0 Å². The molecule has 2 saturated heterocycles. The van der Waals surface area contributed by atoms with E-state index in [4.69, 9.17) is 0 Å². The van der Waals surface area contributed by atoms with Crippen LogP contribution in [0.2, 0.25) is 0 Å². The molecule has 0 N–H and O–H groups in total. The van der Waals surface area contributed by atoms with Crippen LogP contribution < -0.4 is 4.90 Å². The number of aromatic nitrogens is 1. The predicted octanol–water partition coefficient (Wildman–Crippen LogP) is 2.48. The molecule has 0 bridgehead atoms. The molecule has 2 fully saturated rings. The standard InChI is InChI=1S/C23H28N4O2/c1-18-6-2-3-8-21(18)25-10-5-11-26(13-12-25)23(29)20-14-22(28)27(17-20)16-19-7-4-9-24-15-19/h2-4,6-9,15,20H,5,10-14,16-17H2,1H3/t20-/m0/s1. The molecule has 2 aliphatic heterocycles. The topological polar surface area (TPSA) is 56.8 Å². The summed E-state index contributed by atoms with van der Waals surface area (Å²) in [6.07, 6.45) is 4.76. The third kappa shape index (κ3) is 4.42. The highest BCUT2D eigenvalue weighted by atomic mass is 16.2. The molecule has 0 saturated carbocycles. The third-order valence-electron chi connectivity index (χ3n) is 5.92. The van der Waals surface area contributed by atoms with Gasteiger partial charge in [0.2, 0.25) is 11.8 Å². The Bertz CT molecular complexity index is 870. The zero-order valence-corrected chi connectivity index (χ0v) is 17.0. The molecule has 3 heterocycles. The first-order valence-corrected chi connectivity index (χ1v) is 10.4. The number of rotatable bonds is 4. The van der Waals surface area contributed by atoms with Crippen molar-refractivity contribution in [3.63, 3.8) is 0 Å². The van der Waals surface area contributed by atoms with Crippen molar-refractivity contribution in [3.8, 4) is 0 Å². The Morgan fingerprint density at radius 2 is 1.97 bits per heavy atom. The molecule has 0 aliphatic carbocycles. The molecule has 152 valence electrons. The van der Waals surface area contributed by atoms with E-state index in [2.05, 4.69) is 41.1 Å². The van der Waals surface area contributed by atoms with Crippen molar-refractivity contribution in [2.24, 2.45) is 5.92 Å². The fraction of sp³-hybridized carbons (Fsp3) is 0.435. The van der Waals surface area contributed by atoms with Gasteiger partial charge in [0.15, 0.2) is 0 Å². The number of benzene rings is 1. The first kappa shape index (κ1) is 19.4. The van der Waals surface area contributed by atoms with Crippen LogP contribution in [0.4, 0.5) is 5.69 Å². The van der Waals surface area contributed by atoms with Gasteiger partial charge >= 0.3 is 0 Å². The van der Waals surface area contributed by atoms with Crippen molar-refractivity contribution < 1.29 is 9.59 Å². The van der Waals surface area contributed by atoms with Crippen LogP contribution in [0.1, 0.15) is 24.0 Å². The van der Waals surface area contributed by atoms with E-state index < -0.39 is 0 Å². The lowest BCUT2D eigenvalue weighted by Crippen LogP contribution is -2.40. The van der Waals surface area contributed by atoms with Crippen molar-refractivity contribution in [2.45, 2.75) is 26.3 Å². The molecule has 0 unspecified atom stereocenters. The summed E-state index contributed by atoms with van der Waals surface area (Å²) >= 11 is 0. The molecule has 1 atom stereocenters. The maximum absolute atomic E-state index is 13.1. The second-order valence-corrected chi connectivity index (χ2v) is 7.99. The second-order valence-electron chi connectivity index (χ2n) is 7.99. The summed E-state index contributed by atoms with van der Waals surface area (Å²) in [4.78, 5) is 35.8. The van der Waals surface area contributed by atoms with E-state index >= 15 is 0 Å². The number of carbonyl (C=O) groups excluding carboxylic acids is 2. The summed E-state index contributed by atoms with van der Waals surface area (Å²) in [6.45, 7) is 6.41. The summed E-state index contributed by atoms with van der Waals surface area (Å²) in [5, 5.41) is 0. The van der Waals surface area contributed by atoms with Crippen LogP contribution in [0.5, 0.6) is 0 Å². The minimum Gasteiger partial charge on any atom is -0.369 e. The number of pyridine rings is 1. The maximum atomic E-state index is 13.1. The van der Waals surface area contributed by atoms with Crippen LogP contribution in [0.15, 0.2) is 48.8 Å². The van der Waals surface area contributed by atoms with E-state index in [0.717, 1.165) is 31.6 Å². The Labute approximate surface area is 172 Å². The Morgan fingerprint density at radius 1 is 1.10 bits per heavy atom. The zero-order valence-electron chi connectivity index (χ0n) is 17.0. The lowest BCUT2D eigenvalue weighted by molar-refractivity contribution is -0.135. The summed E-state index contributed by atoms with van der Waals surface area (Å²) in [6, 6.07) is 12.2. The Kier molecular flexibility index (Phi) is 5.79. The van der Waals surface area contributed by atoms with E-state index in [1.165, 1.54) is 11.3 Å². The van der Waals surface area contributed by atoms with Gasteiger partial charge in [-0.25, -0.2) is 0 Å². The lowest BCUT2D eigenvalue weighted by Gasteiger charge is -2.26. The Hall–Kier alpha value is -2.89. The number of hydrogen-bond donors (Lipinski definition) is 0. The zero-order chi connectivity index (χ0) is 20.2. The monoisotopic (exact) mass is 392 g/mol. The summed E-state index contributed by atoms with van der Waals surface area (Å²) in [5.74, 6) is -0.0496. The fourth-order valence-corrected chi connectivity index (χ4v) is 4.36. The van der Waals surface area contributed by atoms with Crippen molar-refractivity contribution >= 4 is 17.5 Å². The van der Waals surface area contributed by atoms with Crippen molar-refractivity contribution in [1.82, 2.24) is 14.8 Å². The number of carbonyl (C=O) groups is 2. The van der Waals surface area contributed by atoms with E-state index in [1.54, 1.807) is 17.3 Å². The lowest BCUT2D eigenvalue weighted by atomic mass is 10.1. The fourth-order valence-electron chi connectivity index (χ4n) is 4.36. The predicted molar refractivity (Wildman–Crippen MR) is 112 cm³/mol. The molecule has 6 nitrogen and oxygen atoms in total. The van der Waals surface area contributed by atoms with E-state index in [-0.39, 0.29) is 17.7 Å². The van der Waals surface area contributed by atoms with Crippen LogP contribution in [-0.4, -0.2) is 59.3 Å². The summed E-state index contributed by atoms with van der Waals surface area (Å²) in [5.41, 5.74) is 3.51. The van der Waals surface area contributed by atoms with Crippen molar-refractivity contribution in [2.75, 3.05) is 37.6 Å². The molecule has 2 aliphatic rings.